The number of hydrogen-bond donors (Lipinski definition) is 2. The molecular formula is C11H10F2O3. The third kappa shape index (κ3) is 2.04. The molecule has 1 aliphatic carbocycles. The van der Waals surface area contributed by atoms with Crippen molar-refractivity contribution in [2.75, 3.05) is 0 Å². The first-order valence-corrected chi connectivity index (χ1v) is 4.85. The largest absolute Gasteiger partial charge is 0.478 e. The Kier molecular flexibility index (Phi) is 2.42. The van der Waals surface area contributed by atoms with Crippen molar-refractivity contribution >= 4 is 5.97 Å². The van der Waals surface area contributed by atoms with Gasteiger partial charge < -0.3 is 10.2 Å². The molecule has 2 rings (SSSR count). The summed E-state index contributed by atoms with van der Waals surface area (Å²) >= 11 is 0. The molecule has 16 heavy (non-hydrogen) atoms. The maximum Gasteiger partial charge on any atom is 0.338 e. The Bertz CT molecular complexity index is 453. The van der Waals surface area contributed by atoms with Gasteiger partial charge in [-0.1, -0.05) is 0 Å². The predicted molar refractivity (Wildman–Crippen MR) is 51.2 cm³/mol. The third-order valence-corrected chi connectivity index (χ3v) is 2.68. The molecule has 1 saturated carbocycles. The molecule has 0 aromatic heterocycles. The summed E-state index contributed by atoms with van der Waals surface area (Å²) in [5.41, 5.74) is -1.25. The van der Waals surface area contributed by atoms with Crippen LogP contribution < -0.4 is 0 Å². The second-order valence-electron chi connectivity index (χ2n) is 4.15. The number of benzene rings is 1. The van der Waals surface area contributed by atoms with E-state index in [0.717, 1.165) is 12.1 Å². The van der Waals surface area contributed by atoms with Gasteiger partial charge in [0.05, 0.1) is 11.2 Å². The highest BCUT2D eigenvalue weighted by atomic mass is 19.2. The molecule has 0 spiro atoms. The van der Waals surface area contributed by atoms with Crippen molar-refractivity contribution in [3.63, 3.8) is 0 Å². The van der Waals surface area contributed by atoms with Gasteiger partial charge in [0.25, 0.3) is 0 Å². The highest BCUT2D eigenvalue weighted by molar-refractivity contribution is 5.88. The SMILES string of the molecule is O=C(O)c1cc(CC2(O)CC2)cc(F)c1F. The molecular weight excluding hydrogens is 218 g/mol. The summed E-state index contributed by atoms with van der Waals surface area (Å²) < 4.78 is 26.1. The second-order valence-corrected chi connectivity index (χ2v) is 4.15. The lowest BCUT2D eigenvalue weighted by atomic mass is 10.0. The Morgan fingerprint density at radius 3 is 2.50 bits per heavy atom. The summed E-state index contributed by atoms with van der Waals surface area (Å²) in [6.45, 7) is 0. The molecule has 5 heteroatoms. The summed E-state index contributed by atoms with van der Waals surface area (Å²) in [6.07, 6.45) is 1.37. The number of aromatic carboxylic acids is 1. The van der Waals surface area contributed by atoms with Crippen molar-refractivity contribution in [1.29, 1.82) is 0 Å². The molecule has 0 atom stereocenters. The fourth-order valence-electron chi connectivity index (χ4n) is 1.60. The van der Waals surface area contributed by atoms with E-state index in [-0.39, 0.29) is 6.42 Å². The molecule has 0 heterocycles. The van der Waals surface area contributed by atoms with Gasteiger partial charge in [-0.15, -0.1) is 0 Å². The molecule has 0 aliphatic heterocycles. The monoisotopic (exact) mass is 228 g/mol. The molecule has 0 unspecified atom stereocenters. The van der Waals surface area contributed by atoms with Gasteiger partial charge in [-0.2, -0.15) is 0 Å². The summed E-state index contributed by atoms with van der Waals surface area (Å²) in [7, 11) is 0. The molecule has 2 N–H and O–H groups in total. The zero-order valence-electron chi connectivity index (χ0n) is 8.33. The van der Waals surface area contributed by atoms with E-state index in [2.05, 4.69) is 0 Å². The van der Waals surface area contributed by atoms with Crippen LogP contribution in [0.5, 0.6) is 0 Å². The first-order chi connectivity index (χ1) is 7.41. The van der Waals surface area contributed by atoms with Gasteiger partial charge in [0.15, 0.2) is 11.6 Å². The van der Waals surface area contributed by atoms with Crippen molar-refractivity contribution in [3.8, 4) is 0 Å². The number of carboxylic acid groups (broad SMARTS) is 1. The van der Waals surface area contributed by atoms with E-state index < -0.39 is 28.8 Å². The number of rotatable bonds is 3. The zero-order valence-corrected chi connectivity index (χ0v) is 8.33. The number of halogens is 2. The van der Waals surface area contributed by atoms with Crippen LogP contribution in [-0.2, 0) is 6.42 Å². The molecule has 3 nitrogen and oxygen atoms in total. The van der Waals surface area contributed by atoms with Crippen LogP contribution in [0.25, 0.3) is 0 Å². The van der Waals surface area contributed by atoms with Crippen molar-refractivity contribution in [2.45, 2.75) is 24.9 Å². The van der Waals surface area contributed by atoms with Gasteiger partial charge in [-0.25, -0.2) is 13.6 Å². The van der Waals surface area contributed by atoms with E-state index in [0.29, 0.717) is 18.4 Å². The predicted octanol–water partition coefficient (Wildman–Crippen LogP) is 1.73. The smallest absolute Gasteiger partial charge is 0.338 e. The normalized spacial score (nSPS) is 17.2. The molecule has 0 saturated heterocycles. The molecule has 0 bridgehead atoms. The van der Waals surface area contributed by atoms with Gasteiger partial charge in [0, 0.05) is 6.42 Å². The van der Waals surface area contributed by atoms with E-state index in [1.165, 1.54) is 0 Å². The van der Waals surface area contributed by atoms with Crippen LogP contribution in [0.4, 0.5) is 8.78 Å². The molecule has 0 radical (unpaired) electrons. The quantitative estimate of drug-likeness (QED) is 0.828. The highest BCUT2D eigenvalue weighted by Gasteiger charge is 2.40. The standard InChI is InChI=1S/C11H10F2O3/c12-8-4-6(5-11(16)1-2-11)3-7(9(8)13)10(14)15/h3-4,16H,1-2,5H2,(H,14,15). The lowest BCUT2D eigenvalue weighted by Crippen LogP contribution is -2.13. The van der Waals surface area contributed by atoms with Gasteiger partial charge >= 0.3 is 5.97 Å². The number of carbonyl (C=O) groups is 1. The van der Waals surface area contributed by atoms with E-state index in [1.54, 1.807) is 0 Å². The number of aliphatic hydroxyl groups is 1. The molecule has 1 aromatic rings. The lowest BCUT2D eigenvalue weighted by Gasteiger charge is -2.09. The molecule has 1 aliphatic rings. The number of hydrogen-bond acceptors (Lipinski definition) is 2. The summed E-state index contributed by atoms with van der Waals surface area (Å²) in [5.74, 6) is -4.07. The van der Waals surface area contributed by atoms with Gasteiger partial charge in [-0.05, 0) is 30.5 Å². The van der Waals surface area contributed by atoms with Crippen LogP contribution in [0.1, 0.15) is 28.8 Å². The average Bonchev–Trinajstić information content (AvgIpc) is 2.89. The minimum Gasteiger partial charge on any atom is -0.478 e. The first kappa shape index (κ1) is 11.0. The lowest BCUT2D eigenvalue weighted by molar-refractivity contribution is 0.0690. The van der Waals surface area contributed by atoms with Crippen molar-refractivity contribution in [1.82, 2.24) is 0 Å². The summed E-state index contributed by atoms with van der Waals surface area (Å²) in [5, 5.41) is 18.3. The number of carboxylic acids is 1. The van der Waals surface area contributed by atoms with Crippen molar-refractivity contribution < 1.29 is 23.8 Å². The van der Waals surface area contributed by atoms with Crippen molar-refractivity contribution in [2.24, 2.45) is 0 Å². The topological polar surface area (TPSA) is 57.5 Å². The highest BCUT2D eigenvalue weighted by Crippen LogP contribution is 2.38. The van der Waals surface area contributed by atoms with E-state index in [9.17, 15) is 18.7 Å². The Morgan fingerprint density at radius 1 is 1.38 bits per heavy atom. The van der Waals surface area contributed by atoms with Crippen LogP contribution in [0.3, 0.4) is 0 Å². The summed E-state index contributed by atoms with van der Waals surface area (Å²) in [6, 6.07) is 2.00. The van der Waals surface area contributed by atoms with Crippen molar-refractivity contribution in [3.05, 3.63) is 34.9 Å². The minimum absolute atomic E-state index is 0.157. The Hall–Kier alpha value is -1.49. The Morgan fingerprint density at radius 2 is 2.00 bits per heavy atom. The fourth-order valence-corrected chi connectivity index (χ4v) is 1.60. The van der Waals surface area contributed by atoms with Crippen LogP contribution in [0.2, 0.25) is 0 Å². The van der Waals surface area contributed by atoms with Gasteiger partial charge in [0.1, 0.15) is 0 Å². The minimum atomic E-state index is -1.51. The van der Waals surface area contributed by atoms with Gasteiger partial charge in [0.2, 0.25) is 0 Å². The van der Waals surface area contributed by atoms with Crippen LogP contribution in [0.15, 0.2) is 12.1 Å². The zero-order chi connectivity index (χ0) is 11.9. The Labute approximate surface area is 90.3 Å². The van der Waals surface area contributed by atoms with Crippen LogP contribution in [-0.4, -0.2) is 21.8 Å². The average molecular weight is 228 g/mol. The molecule has 1 aromatic carbocycles. The van der Waals surface area contributed by atoms with E-state index in [1.807, 2.05) is 0 Å². The van der Waals surface area contributed by atoms with E-state index in [4.69, 9.17) is 5.11 Å². The summed E-state index contributed by atoms with van der Waals surface area (Å²) in [4.78, 5) is 10.6. The fraction of sp³-hybridized carbons (Fsp3) is 0.364. The molecule has 0 amide bonds. The molecule has 1 fully saturated rings. The molecule has 86 valence electrons. The maximum absolute atomic E-state index is 13.1. The van der Waals surface area contributed by atoms with E-state index >= 15 is 0 Å². The second kappa shape index (κ2) is 3.52. The first-order valence-electron chi connectivity index (χ1n) is 4.85. The van der Waals surface area contributed by atoms with Gasteiger partial charge in [-0.3, -0.25) is 0 Å². The maximum atomic E-state index is 13.1. The third-order valence-electron chi connectivity index (χ3n) is 2.68. The van der Waals surface area contributed by atoms with Crippen LogP contribution in [0, 0.1) is 11.6 Å². The van der Waals surface area contributed by atoms with Crippen LogP contribution >= 0.6 is 0 Å². The Balaban J connectivity index is 2.36.